The summed E-state index contributed by atoms with van der Waals surface area (Å²) in [6, 6.07) is 6.52. The zero-order chi connectivity index (χ0) is 29.9. The number of likely N-dealkylation sites (tertiary alicyclic amines) is 1. The average molecular weight is 624 g/mol. The molecular weight excluding hydrogens is 592 g/mol. The van der Waals surface area contributed by atoms with Gasteiger partial charge in [0.05, 0.1) is 15.5 Å². The first kappa shape index (κ1) is 33.2. The van der Waals surface area contributed by atoms with E-state index >= 15 is 0 Å². The normalized spacial score (nSPS) is 17.1. The van der Waals surface area contributed by atoms with Gasteiger partial charge < -0.3 is 20.0 Å². The number of nitrogens with one attached hydrogen (secondary N) is 1. The van der Waals surface area contributed by atoms with Crippen molar-refractivity contribution in [3.63, 3.8) is 0 Å². The van der Waals surface area contributed by atoms with Gasteiger partial charge >= 0.3 is 12.4 Å². The zero-order valence-corrected chi connectivity index (χ0v) is 22.5. The fourth-order valence-corrected chi connectivity index (χ4v) is 5.33. The van der Waals surface area contributed by atoms with Gasteiger partial charge in [-0.3, -0.25) is 14.9 Å². The number of piperazine rings is 1. The van der Waals surface area contributed by atoms with Crippen LogP contribution < -0.4 is 10.2 Å². The van der Waals surface area contributed by atoms with E-state index in [1.165, 1.54) is 18.2 Å². The minimum Gasteiger partial charge on any atom is -0.382 e. The van der Waals surface area contributed by atoms with Crippen LogP contribution in [0.25, 0.3) is 0 Å². The van der Waals surface area contributed by atoms with Crippen molar-refractivity contribution in [1.29, 1.82) is 0 Å². The predicted octanol–water partition coefficient (Wildman–Crippen LogP) is 6.54. The van der Waals surface area contributed by atoms with E-state index in [-0.39, 0.29) is 36.5 Å². The van der Waals surface area contributed by atoms with Crippen LogP contribution in [-0.2, 0) is 17.1 Å². The van der Waals surface area contributed by atoms with Gasteiger partial charge in [-0.15, -0.1) is 0 Å². The largest absolute Gasteiger partial charge is 0.423 e. The fourth-order valence-electron chi connectivity index (χ4n) is 5.10. The summed E-state index contributed by atoms with van der Waals surface area (Å²) >= 11 is 5.71. The van der Waals surface area contributed by atoms with Crippen molar-refractivity contribution in [2.45, 2.75) is 45.1 Å². The number of benzene rings is 2. The van der Waals surface area contributed by atoms with Crippen LogP contribution in [0.15, 0.2) is 36.4 Å². The lowest BCUT2D eigenvalue weighted by atomic mass is 10.0. The lowest BCUT2D eigenvalue weighted by molar-refractivity contribution is -0.388. The van der Waals surface area contributed by atoms with Crippen molar-refractivity contribution >= 4 is 34.6 Å². The van der Waals surface area contributed by atoms with Gasteiger partial charge in [0.1, 0.15) is 5.56 Å². The lowest BCUT2D eigenvalue weighted by Crippen LogP contribution is -2.49. The Bertz CT molecular complexity index is 1260. The number of nitro benzene ring substituents is 1. The molecule has 2 aliphatic heterocycles. The Morgan fingerprint density at radius 2 is 1.55 bits per heavy atom. The second-order valence-electron chi connectivity index (χ2n) is 10.0. The summed E-state index contributed by atoms with van der Waals surface area (Å²) in [5, 5.41) is 13.6. The zero-order valence-electron chi connectivity index (χ0n) is 21.8. The van der Waals surface area contributed by atoms with Crippen LogP contribution in [0.3, 0.4) is 0 Å². The highest BCUT2D eigenvalue weighted by Crippen LogP contribution is 2.38. The SMILES string of the molecule is C.O=C(CCN1CCC(Nc2ccc([N+](=O)[O-])c(C(F)(F)F)c2)CC1)N1CCN(c2ccc(Cl)c(C(F)(F)F)c2)CC1. The Kier molecular flexibility index (Phi) is 10.6. The number of nitrogens with zero attached hydrogens (tertiary/aromatic N) is 4. The van der Waals surface area contributed by atoms with Crippen molar-refractivity contribution in [2.75, 3.05) is 56.0 Å². The highest BCUT2D eigenvalue weighted by molar-refractivity contribution is 6.31. The highest BCUT2D eigenvalue weighted by Gasteiger charge is 2.39. The van der Waals surface area contributed by atoms with E-state index in [0.29, 0.717) is 64.3 Å². The van der Waals surface area contributed by atoms with Crippen molar-refractivity contribution < 1.29 is 36.1 Å². The van der Waals surface area contributed by atoms with Gasteiger partial charge in [-0.25, -0.2) is 0 Å². The molecule has 0 atom stereocenters. The Hall–Kier alpha value is -3.26. The molecule has 0 spiro atoms. The molecule has 2 heterocycles. The molecule has 0 aliphatic carbocycles. The number of halogens is 7. The van der Waals surface area contributed by atoms with Gasteiger partial charge in [-0.1, -0.05) is 19.0 Å². The second-order valence-corrected chi connectivity index (χ2v) is 10.4. The van der Waals surface area contributed by atoms with Crippen LogP contribution >= 0.6 is 11.6 Å². The molecular formula is C27H32ClF6N5O3. The third-order valence-corrected chi connectivity index (χ3v) is 7.68. The summed E-state index contributed by atoms with van der Waals surface area (Å²) in [6.07, 6.45) is -7.90. The molecule has 1 amide bonds. The number of nitro groups is 1. The van der Waals surface area contributed by atoms with E-state index < -0.39 is 34.1 Å². The molecule has 0 radical (unpaired) electrons. The summed E-state index contributed by atoms with van der Waals surface area (Å²) < 4.78 is 79.3. The predicted molar refractivity (Wildman–Crippen MR) is 148 cm³/mol. The summed E-state index contributed by atoms with van der Waals surface area (Å²) in [4.78, 5) is 28.2. The first-order valence-electron chi connectivity index (χ1n) is 13.0. The third-order valence-electron chi connectivity index (χ3n) is 7.35. The van der Waals surface area contributed by atoms with Crippen LogP contribution in [0, 0.1) is 10.1 Å². The van der Waals surface area contributed by atoms with E-state index in [2.05, 4.69) is 10.2 Å². The molecule has 42 heavy (non-hydrogen) atoms. The molecule has 2 aromatic rings. The van der Waals surface area contributed by atoms with Gasteiger partial charge in [-0.2, -0.15) is 26.3 Å². The van der Waals surface area contributed by atoms with Gasteiger partial charge in [0, 0.05) is 75.7 Å². The van der Waals surface area contributed by atoms with Gasteiger partial charge in [0.2, 0.25) is 5.91 Å². The maximum atomic E-state index is 13.3. The standard InChI is InChI=1S/C26H28ClF6N5O3.CH4/c27-22-3-2-19(16-20(22)25(28,29)30)36-11-13-37(14-12-36)24(39)7-10-35-8-5-17(6-9-35)34-18-1-4-23(38(40)41)21(15-18)26(31,32)33;/h1-4,15-17,34H,5-14H2;1H4. The molecule has 15 heteroatoms. The molecule has 1 N–H and O–H groups in total. The first-order valence-corrected chi connectivity index (χ1v) is 13.3. The maximum Gasteiger partial charge on any atom is 0.423 e. The number of carbonyl (C=O) groups excluding carboxylic acids is 1. The van der Waals surface area contributed by atoms with Crippen LogP contribution in [-0.4, -0.2) is 72.5 Å². The summed E-state index contributed by atoms with van der Waals surface area (Å²) in [5.74, 6) is -0.0532. The maximum absolute atomic E-state index is 13.3. The van der Waals surface area contributed by atoms with Gasteiger partial charge in [0.25, 0.3) is 5.69 Å². The molecule has 0 unspecified atom stereocenters. The first-order chi connectivity index (χ1) is 19.2. The number of rotatable bonds is 7. The Morgan fingerprint density at radius 3 is 2.12 bits per heavy atom. The number of piperidine rings is 1. The van der Waals surface area contributed by atoms with Gasteiger partial charge in [-0.05, 0) is 43.2 Å². The van der Waals surface area contributed by atoms with Crippen molar-refractivity contribution in [2.24, 2.45) is 0 Å². The molecule has 8 nitrogen and oxygen atoms in total. The molecule has 0 aromatic heterocycles. The molecule has 4 rings (SSSR count). The summed E-state index contributed by atoms with van der Waals surface area (Å²) in [5.41, 5.74) is -2.64. The van der Waals surface area contributed by atoms with Crippen LogP contribution in [0.5, 0.6) is 0 Å². The Morgan fingerprint density at radius 1 is 0.929 bits per heavy atom. The van der Waals surface area contributed by atoms with Crippen LogP contribution in [0.2, 0.25) is 5.02 Å². The number of hydrogen-bond acceptors (Lipinski definition) is 6. The Balaban J connectivity index is 0.00000484. The molecule has 2 saturated heterocycles. The van der Waals surface area contributed by atoms with Gasteiger partial charge in [0.15, 0.2) is 0 Å². The smallest absolute Gasteiger partial charge is 0.382 e. The topological polar surface area (TPSA) is 82.0 Å². The lowest BCUT2D eigenvalue weighted by Gasteiger charge is -2.37. The third kappa shape index (κ3) is 8.18. The van der Waals surface area contributed by atoms with Crippen molar-refractivity contribution in [1.82, 2.24) is 9.80 Å². The molecule has 0 saturated carbocycles. The number of amides is 1. The van der Waals surface area contributed by atoms with E-state index in [4.69, 9.17) is 11.6 Å². The monoisotopic (exact) mass is 623 g/mol. The second kappa shape index (κ2) is 13.4. The van der Waals surface area contributed by atoms with Crippen molar-refractivity contribution in [3.05, 3.63) is 62.7 Å². The molecule has 2 aliphatic rings. The quantitative estimate of drug-likeness (QED) is 0.214. The number of alkyl halides is 6. The van der Waals surface area contributed by atoms with E-state index in [1.807, 2.05) is 0 Å². The van der Waals surface area contributed by atoms with E-state index in [1.54, 1.807) is 9.80 Å². The molecule has 2 fully saturated rings. The average Bonchev–Trinajstić information content (AvgIpc) is 2.91. The summed E-state index contributed by atoms with van der Waals surface area (Å²) in [6.45, 7) is 3.29. The number of anilines is 2. The minimum atomic E-state index is -4.85. The van der Waals surface area contributed by atoms with Crippen molar-refractivity contribution in [3.8, 4) is 0 Å². The number of carbonyl (C=O) groups is 1. The molecule has 2 aromatic carbocycles. The van der Waals surface area contributed by atoms with Crippen LogP contribution in [0.4, 0.5) is 43.4 Å². The fraction of sp³-hybridized carbons (Fsp3) is 0.519. The van der Waals surface area contributed by atoms with E-state index in [9.17, 15) is 41.3 Å². The van der Waals surface area contributed by atoms with E-state index in [0.717, 1.165) is 18.2 Å². The number of hydrogen-bond donors (Lipinski definition) is 1. The molecule has 0 bridgehead atoms. The molecule has 232 valence electrons. The summed E-state index contributed by atoms with van der Waals surface area (Å²) in [7, 11) is 0. The minimum absolute atomic E-state index is 0. The Labute approximate surface area is 244 Å². The highest BCUT2D eigenvalue weighted by atomic mass is 35.5. The van der Waals surface area contributed by atoms with Crippen LogP contribution in [0.1, 0.15) is 37.8 Å².